The zero-order valence-corrected chi connectivity index (χ0v) is 9.34. The molecule has 0 aliphatic carbocycles. The molecule has 1 aromatic rings. The lowest BCUT2D eigenvalue weighted by molar-refractivity contribution is -0.696. The van der Waals surface area contributed by atoms with E-state index in [0.717, 1.165) is 18.0 Å². The van der Waals surface area contributed by atoms with Crippen LogP contribution in [0, 0.1) is 0 Å². The maximum atomic E-state index is 5.76. The molecule has 0 saturated carbocycles. The van der Waals surface area contributed by atoms with Gasteiger partial charge in [-0.2, -0.15) is 0 Å². The SMILES string of the molecule is CCC[n+]1cccc(Cl)c1.[I-]. The highest BCUT2D eigenvalue weighted by molar-refractivity contribution is 6.30. The Morgan fingerprint density at radius 1 is 1.55 bits per heavy atom. The standard InChI is InChI=1S/C8H11ClN.HI/c1-2-5-10-6-3-4-8(9)7-10;/h3-4,6-7H,2,5H2,1H3;1H/q+1;/p-1. The summed E-state index contributed by atoms with van der Waals surface area (Å²) >= 11 is 5.76. The van der Waals surface area contributed by atoms with E-state index in [9.17, 15) is 0 Å². The van der Waals surface area contributed by atoms with Gasteiger partial charge in [0.05, 0.1) is 0 Å². The van der Waals surface area contributed by atoms with E-state index in [1.54, 1.807) is 0 Å². The van der Waals surface area contributed by atoms with E-state index in [1.807, 2.05) is 24.5 Å². The summed E-state index contributed by atoms with van der Waals surface area (Å²) in [5, 5.41) is 0.802. The zero-order chi connectivity index (χ0) is 7.40. The first-order chi connectivity index (χ1) is 4.83. The van der Waals surface area contributed by atoms with Crippen molar-refractivity contribution in [3.8, 4) is 0 Å². The Labute approximate surface area is 89.4 Å². The molecule has 0 radical (unpaired) electrons. The fraction of sp³-hybridized carbons (Fsp3) is 0.375. The maximum Gasteiger partial charge on any atom is 0.187 e. The Morgan fingerprint density at radius 3 is 2.82 bits per heavy atom. The van der Waals surface area contributed by atoms with Crippen LogP contribution in [-0.2, 0) is 6.54 Å². The van der Waals surface area contributed by atoms with E-state index in [-0.39, 0.29) is 24.0 Å². The largest absolute Gasteiger partial charge is 1.00 e. The lowest BCUT2D eigenvalue weighted by Crippen LogP contribution is -3.00. The molecule has 0 N–H and O–H groups in total. The van der Waals surface area contributed by atoms with Gasteiger partial charge in [0, 0.05) is 12.5 Å². The number of halogens is 2. The molecule has 0 saturated heterocycles. The fourth-order valence-corrected chi connectivity index (χ4v) is 1.09. The molecule has 3 heteroatoms. The minimum absolute atomic E-state index is 0. The quantitative estimate of drug-likeness (QED) is 0.486. The normalized spacial score (nSPS) is 8.91. The lowest BCUT2D eigenvalue weighted by atomic mass is 10.4. The van der Waals surface area contributed by atoms with Crippen molar-refractivity contribution >= 4 is 11.6 Å². The smallest absolute Gasteiger partial charge is 0.187 e. The van der Waals surface area contributed by atoms with Crippen LogP contribution in [0.25, 0.3) is 0 Å². The molecule has 1 rings (SSSR count). The summed E-state index contributed by atoms with van der Waals surface area (Å²) in [5.41, 5.74) is 0. The van der Waals surface area contributed by atoms with Gasteiger partial charge in [0.25, 0.3) is 0 Å². The number of pyridine rings is 1. The molecule has 0 unspecified atom stereocenters. The van der Waals surface area contributed by atoms with Crippen molar-refractivity contribution in [2.45, 2.75) is 19.9 Å². The van der Waals surface area contributed by atoms with Gasteiger partial charge in [-0.25, -0.2) is 4.57 Å². The molecular formula is C8H11ClIN. The van der Waals surface area contributed by atoms with E-state index in [4.69, 9.17) is 11.6 Å². The van der Waals surface area contributed by atoms with Gasteiger partial charge in [0.2, 0.25) is 0 Å². The van der Waals surface area contributed by atoms with Crippen molar-refractivity contribution in [1.82, 2.24) is 0 Å². The minimum Gasteiger partial charge on any atom is -1.00 e. The van der Waals surface area contributed by atoms with Crippen LogP contribution in [0.4, 0.5) is 0 Å². The Kier molecular flexibility index (Phi) is 5.86. The first kappa shape index (κ1) is 11.2. The van der Waals surface area contributed by atoms with Gasteiger partial charge in [-0.15, -0.1) is 0 Å². The predicted octanol–water partition coefficient (Wildman–Crippen LogP) is -0.958. The van der Waals surface area contributed by atoms with Crippen LogP contribution in [0.3, 0.4) is 0 Å². The second-order valence-electron chi connectivity index (χ2n) is 2.26. The summed E-state index contributed by atoms with van der Waals surface area (Å²) in [4.78, 5) is 0. The Bertz CT molecular complexity index is 215. The van der Waals surface area contributed by atoms with Crippen LogP contribution in [0.2, 0.25) is 5.02 Å². The second-order valence-corrected chi connectivity index (χ2v) is 2.70. The number of aryl methyl sites for hydroxylation is 1. The molecule has 1 nitrogen and oxygen atoms in total. The van der Waals surface area contributed by atoms with E-state index in [2.05, 4.69) is 11.5 Å². The molecule has 0 fully saturated rings. The molecule has 11 heavy (non-hydrogen) atoms. The third-order valence-corrected chi connectivity index (χ3v) is 1.53. The van der Waals surface area contributed by atoms with Crippen LogP contribution in [0.5, 0.6) is 0 Å². The third-order valence-electron chi connectivity index (χ3n) is 1.30. The van der Waals surface area contributed by atoms with Crippen molar-refractivity contribution in [1.29, 1.82) is 0 Å². The predicted molar refractivity (Wildman–Crippen MR) is 41.9 cm³/mol. The number of nitrogens with zero attached hydrogens (tertiary/aromatic N) is 1. The fourth-order valence-electron chi connectivity index (χ4n) is 0.887. The Hall–Kier alpha value is 0.170. The Morgan fingerprint density at radius 2 is 2.27 bits per heavy atom. The highest BCUT2D eigenvalue weighted by Gasteiger charge is 1.96. The molecule has 62 valence electrons. The molecule has 0 aromatic carbocycles. The summed E-state index contributed by atoms with van der Waals surface area (Å²) in [6.45, 7) is 3.19. The van der Waals surface area contributed by atoms with Crippen molar-refractivity contribution in [3.05, 3.63) is 29.5 Å². The summed E-state index contributed by atoms with van der Waals surface area (Å²) in [6.07, 6.45) is 5.10. The molecule has 0 aliphatic heterocycles. The zero-order valence-electron chi connectivity index (χ0n) is 6.43. The molecule has 0 bridgehead atoms. The first-order valence-electron chi connectivity index (χ1n) is 3.47. The second kappa shape index (κ2) is 5.77. The van der Waals surface area contributed by atoms with E-state index >= 15 is 0 Å². The lowest BCUT2D eigenvalue weighted by Gasteiger charge is -1.91. The average Bonchev–Trinajstić information content (AvgIpc) is 1.88. The van der Waals surface area contributed by atoms with Gasteiger partial charge in [0.1, 0.15) is 11.6 Å². The highest BCUT2D eigenvalue weighted by atomic mass is 127. The van der Waals surface area contributed by atoms with Crippen LogP contribution < -0.4 is 28.5 Å². The van der Waals surface area contributed by atoms with Gasteiger partial charge < -0.3 is 24.0 Å². The van der Waals surface area contributed by atoms with Gasteiger partial charge in [0.15, 0.2) is 12.4 Å². The van der Waals surface area contributed by atoms with Gasteiger partial charge in [-0.05, 0) is 6.07 Å². The van der Waals surface area contributed by atoms with Crippen LogP contribution in [-0.4, -0.2) is 0 Å². The minimum atomic E-state index is 0. The van der Waals surface area contributed by atoms with Crippen molar-refractivity contribution < 1.29 is 28.5 Å². The molecular weight excluding hydrogens is 272 g/mol. The number of hydrogen-bond donors (Lipinski definition) is 0. The van der Waals surface area contributed by atoms with Crippen LogP contribution in [0.1, 0.15) is 13.3 Å². The van der Waals surface area contributed by atoms with Crippen molar-refractivity contribution in [2.24, 2.45) is 0 Å². The molecule has 1 aromatic heterocycles. The summed E-state index contributed by atoms with van der Waals surface area (Å²) in [6, 6.07) is 3.84. The van der Waals surface area contributed by atoms with E-state index < -0.39 is 0 Å². The summed E-state index contributed by atoms with van der Waals surface area (Å²) < 4.78 is 2.09. The van der Waals surface area contributed by atoms with Gasteiger partial charge in [-0.1, -0.05) is 18.5 Å². The van der Waals surface area contributed by atoms with Gasteiger partial charge in [-0.3, -0.25) is 0 Å². The summed E-state index contributed by atoms with van der Waals surface area (Å²) in [5.74, 6) is 0. The third kappa shape index (κ3) is 3.91. The maximum absolute atomic E-state index is 5.76. The monoisotopic (exact) mass is 283 g/mol. The molecule has 1 heterocycles. The Balaban J connectivity index is 0.000001000. The van der Waals surface area contributed by atoms with Crippen molar-refractivity contribution in [3.63, 3.8) is 0 Å². The topological polar surface area (TPSA) is 3.88 Å². The first-order valence-corrected chi connectivity index (χ1v) is 3.85. The van der Waals surface area contributed by atoms with Crippen LogP contribution in [0.15, 0.2) is 24.5 Å². The van der Waals surface area contributed by atoms with Crippen LogP contribution >= 0.6 is 11.6 Å². The highest BCUT2D eigenvalue weighted by Crippen LogP contribution is 2.01. The van der Waals surface area contributed by atoms with Crippen molar-refractivity contribution in [2.75, 3.05) is 0 Å². The van der Waals surface area contributed by atoms with E-state index in [1.165, 1.54) is 0 Å². The molecule has 0 atom stereocenters. The average molecular weight is 284 g/mol. The van der Waals surface area contributed by atoms with E-state index in [0.29, 0.717) is 0 Å². The molecule has 0 aliphatic rings. The molecule has 0 spiro atoms. The molecule has 0 amide bonds. The number of aromatic nitrogens is 1. The van der Waals surface area contributed by atoms with Gasteiger partial charge >= 0.3 is 0 Å². The number of hydrogen-bond acceptors (Lipinski definition) is 0. The summed E-state index contributed by atoms with van der Waals surface area (Å²) in [7, 11) is 0. The number of rotatable bonds is 2.